The molecular weight excluding hydrogens is 216 g/mol. The maximum absolute atomic E-state index is 10.7. The molecule has 0 aromatic carbocycles. The van der Waals surface area contributed by atoms with E-state index in [1.54, 1.807) is 0 Å². The summed E-state index contributed by atoms with van der Waals surface area (Å²) in [6, 6.07) is 0. The highest BCUT2D eigenvalue weighted by Crippen LogP contribution is 2.28. The van der Waals surface area contributed by atoms with E-state index in [9.17, 15) is 9.59 Å². The predicted octanol–water partition coefficient (Wildman–Crippen LogP) is 0.149. The van der Waals surface area contributed by atoms with Crippen molar-refractivity contribution in [3.63, 3.8) is 0 Å². The molecule has 0 spiro atoms. The summed E-state index contributed by atoms with van der Waals surface area (Å²) < 4.78 is -1.62. The lowest BCUT2D eigenvalue weighted by molar-refractivity contribution is 0.721. The van der Waals surface area contributed by atoms with Gasteiger partial charge in [-0.3, -0.25) is 0 Å². The van der Waals surface area contributed by atoms with Gasteiger partial charge in [-0.25, -0.2) is 19.8 Å². The van der Waals surface area contributed by atoms with E-state index in [2.05, 4.69) is 0 Å². The molecule has 0 radical (unpaired) electrons. The molecule has 0 unspecified atom stereocenters. The second kappa shape index (κ2) is 2.58. The highest BCUT2D eigenvalue weighted by Gasteiger charge is 2.27. The number of nitrogens with zero attached hydrogens (tertiary/aromatic N) is 1. The average Bonchev–Trinajstić information content (AvgIpc) is 2.08. The first kappa shape index (κ1) is 8.70. The van der Waals surface area contributed by atoms with Crippen molar-refractivity contribution in [1.29, 1.82) is 0 Å². The molecule has 0 aliphatic carbocycles. The van der Waals surface area contributed by atoms with Crippen LogP contribution >= 0.6 is 34.8 Å². The molecular formula is C3H2Cl3N3O2. The van der Waals surface area contributed by atoms with Crippen molar-refractivity contribution in [3.05, 3.63) is 21.0 Å². The first-order valence-electron chi connectivity index (χ1n) is 2.40. The molecule has 2 N–H and O–H groups in total. The van der Waals surface area contributed by atoms with Gasteiger partial charge in [-0.1, -0.05) is 34.8 Å². The Balaban J connectivity index is 3.45. The molecule has 1 aromatic heterocycles. The van der Waals surface area contributed by atoms with Crippen LogP contribution < -0.4 is 11.4 Å². The second-order valence-corrected chi connectivity index (χ2v) is 3.88. The fraction of sp³-hybridized carbons (Fsp3) is 0.333. The molecule has 0 bridgehead atoms. The summed E-state index contributed by atoms with van der Waals surface area (Å²) in [6.07, 6.45) is 0. The van der Waals surface area contributed by atoms with Crippen LogP contribution in [-0.2, 0) is 3.92 Å². The van der Waals surface area contributed by atoms with E-state index in [0.717, 1.165) is 0 Å². The van der Waals surface area contributed by atoms with Crippen LogP contribution in [0.25, 0.3) is 0 Å². The van der Waals surface area contributed by atoms with Crippen LogP contribution in [0.3, 0.4) is 0 Å². The highest BCUT2D eigenvalue weighted by molar-refractivity contribution is 6.64. The van der Waals surface area contributed by atoms with Crippen molar-refractivity contribution in [2.45, 2.75) is 3.92 Å². The SMILES string of the molecule is O=c1[nH][nH]c(=O)n1C(Cl)(Cl)Cl. The summed E-state index contributed by atoms with van der Waals surface area (Å²) in [5.41, 5.74) is -1.59. The van der Waals surface area contributed by atoms with Crippen molar-refractivity contribution in [1.82, 2.24) is 14.8 Å². The molecule has 0 saturated heterocycles. The third-order valence-corrected chi connectivity index (χ3v) is 1.44. The van der Waals surface area contributed by atoms with Crippen LogP contribution in [-0.4, -0.2) is 14.8 Å². The summed E-state index contributed by atoms with van der Waals surface area (Å²) in [6.45, 7) is 0. The Labute approximate surface area is 74.9 Å². The van der Waals surface area contributed by atoms with Gasteiger partial charge in [0.05, 0.1) is 0 Å². The number of rotatable bonds is 0. The monoisotopic (exact) mass is 217 g/mol. The molecule has 0 aliphatic heterocycles. The molecule has 0 saturated carbocycles. The van der Waals surface area contributed by atoms with E-state index < -0.39 is 15.3 Å². The number of nitrogens with one attached hydrogen (secondary N) is 2. The van der Waals surface area contributed by atoms with Crippen LogP contribution in [0, 0.1) is 0 Å². The van der Waals surface area contributed by atoms with Crippen LogP contribution in [0.15, 0.2) is 9.59 Å². The first-order valence-corrected chi connectivity index (χ1v) is 3.53. The average molecular weight is 218 g/mol. The fourth-order valence-electron chi connectivity index (χ4n) is 0.541. The van der Waals surface area contributed by atoms with Crippen LogP contribution in [0.2, 0.25) is 0 Å². The number of halogens is 3. The molecule has 1 rings (SSSR count). The molecule has 62 valence electrons. The van der Waals surface area contributed by atoms with E-state index >= 15 is 0 Å². The van der Waals surface area contributed by atoms with Gasteiger partial charge in [0, 0.05) is 0 Å². The van der Waals surface area contributed by atoms with E-state index in [4.69, 9.17) is 34.8 Å². The van der Waals surface area contributed by atoms with Gasteiger partial charge >= 0.3 is 11.4 Å². The number of H-pyrrole nitrogens is 2. The largest absolute Gasteiger partial charge is 0.347 e. The summed E-state index contributed by atoms with van der Waals surface area (Å²) in [5.74, 6) is 0. The van der Waals surface area contributed by atoms with Crippen molar-refractivity contribution < 1.29 is 0 Å². The maximum Gasteiger partial charge on any atom is 0.347 e. The van der Waals surface area contributed by atoms with Crippen molar-refractivity contribution >= 4 is 34.8 Å². The first-order chi connectivity index (χ1) is 4.93. The summed E-state index contributed by atoms with van der Waals surface area (Å²) >= 11 is 15.8. The molecule has 0 amide bonds. The molecule has 8 heteroatoms. The summed E-state index contributed by atoms with van der Waals surface area (Å²) in [7, 11) is 0. The van der Waals surface area contributed by atoms with Crippen LogP contribution in [0.1, 0.15) is 0 Å². The molecule has 11 heavy (non-hydrogen) atoms. The van der Waals surface area contributed by atoms with Crippen molar-refractivity contribution in [2.75, 3.05) is 0 Å². The lowest BCUT2D eigenvalue weighted by atomic mass is 11.0. The quantitative estimate of drug-likeness (QED) is 0.609. The van der Waals surface area contributed by atoms with Crippen molar-refractivity contribution in [2.24, 2.45) is 0 Å². The van der Waals surface area contributed by atoms with Gasteiger partial charge in [-0.15, -0.1) is 0 Å². The Bertz CT molecular complexity index is 327. The summed E-state index contributed by atoms with van der Waals surface area (Å²) in [5, 5.41) is 3.92. The zero-order chi connectivity index (χ0) is 8.65. The minimum absolute atomic E-state index is 0.428. The van der Waals surface area contributed by atoms with Gasteiger partial charge in [0.25, 0.3) is 3.92 Å². The Kier molecular flexibility index (Phi) is 2.04. The number of aromatic nitrogens is 3. The Hall–Kier alpha value is -0.390. The Morgan fingerprint density at radius 1 is 1.09 bits per heavy atom. The summed E-state index contributed by atoms with van der Waals surface area (Å²) in [4.78, 5) is 21.4. The second-order valence-electron chi connectivity index (χ2n) is 1.66. The molecule has 0 fully saturated rings. The van der Waals surface area contributed by atoms with Crippen molar-refractivity contribution in [3.8, 4) is 0 Å². The van der Waals surface area contributed by atoms with Gasteiger partial charge in [0.1, 0.15) is 0 Å². The van der Waals surface area contributed by atoms with Crippen LogP contribution in [0.5, 0.6) is 0 Å². The highest BCUT2D eigenvalue weighted by atomic mass is 35.6. The van der Waals surface area contributed by atoms with Gasteiger partial charge in [0.2, 0.25) is 0 Å². The lowest BCUT2D eigenvalue weighted by Gasteiger charge is -2.07. The molecule has 1 heterocycles. The fourth-order valence-corrected chi connectivity index (χ4v) is 1.00. The van der Waals surface area contributed by atoms with Crippen LogP contribution in [0.4, 0.5) is 0 Å². The Morgan fingerprint density at radius 2 is 1.45 bits per heavy atom. The maximum atomic E-state index is 10.7. The third kappa shape index (κ3) is 1.61. The Morgan fingerprint density at radius 3 is 1.64 bits per heavy atom. The molecule has 1 aromatic rings. The zero-order valence-electron chi connectivity index (χ0n) is 4.90. The van der Waals surface area contributed by atoms with Gasteiger partial charge < -0.3 is 0 Å². The molecule has 0 atom stereocenters. The van der Waals surface area contributed by atoms with E-state index in [1.807, 2.05) is 10.2 Å². The predicted molar refractivity (Wildman–Crippen MR) is 41.2 cm³/mol. The van der Waals surface area contributed by atoms with Gasteiger partial charge in [0.15, 0.2) is 0 Å². The van der Waals surface area contributed by atoms with Gasteiger partial charge in [-0.05, 0) is 0 Å². The standard InChI is InChI=1S/C3H2Cl3N3O2/c4-3(5,6)9-1(10)7-8-2(9)11/h(H,7,10)(H,8,11). The normalized spacial score (nSPS) is 11.9. The molecule has 5 nitrogen and oxygen atoms in total. The lowest BCUT2D eigenvalue weighted by Crippen LogP contribution is -2.34. The number of hydrogen-bond donors (Lipinski definition) is 2. The smallest absolute Gasteiger partial charge is 0.247 e. The minimum atomic E-state index is -2.05. The van der Waals surface area contributed by atoms with Gasteiger partial charge in [-0.2, -0.15) is 4.57 Å². The minimum Gasteiger partial charge on any atom is -0.247 e. The third-order valence-electron chi connectivity index (χ3n) is 0.936. The van der Waals surface area contributed by atoms with E-state index in [-0.39, 0.29) is 0 Å². The number of aromatic amines is 2. The molecule has 0 aliphatic rings. The number of hydrogen-bond acceptors (Lipinski definition) is 2. The van der Waals surface area contributed by atoms with E-state index in [0.29, 0.717) is 4.57 Å². The zero-order valence-corrected chi connectivity index (χ0v) is 7.17. The topological polar surface area (TPSA) is 70.7 Å². The van der Waals surface area contributed by atoms with E-state index in [1.165, 1.54) is 0 Å². The number of alkyl halides is 3.